The molecule has 0 bridgehead atoms. The first-order valence-electron chi connectivity index (χ1n) is 4.10. The molecule has 14 heavy (non-hydrogen) atoms. The quantitative estimate of drug-likeness (QED) is 0.649. The third kappa shape index (κ3) is 1.23. The number of carboxylic acid groups (broad SMARTS) is 1. The average Bonchev–Trinajstić information content (AvgIpc) is 2.63. The Morgan fingerprint density at radius 1 is 1.57 bits per heavy atom. The number of hydrogen-bond donors (Lipinski definition) is 3. The highest BCUT2D eigenvalue weighted by Gasteiger charge is 2.17. The summed E-state index contributed by atoms with van der Waals surface area (Å²) in [5.74, 6) is -1.06. The van der Waals surface area contributed by atoms with E-state index >= 15 is 0 Å². The first-order chi connectivity index (χ1) is 6.70. The van der Waals surface area contributed by atoms with Gasteiger partial charge in [-0.15, -0.1) is 0 Å². The van der Waals surface area contributed by atoms with Crippen molar-refractivity contribution >= 4 is 17.0 Å². The molecule has 0 aliphatic carbocycles. The zero-order chi connectivity index (χ0) is 10.1. The summed E-state index contributed by atoms with van der Waals surface area (Å²) in [6.45, 7) is 0. The number of nitrogens with two attached hydrogens (primary N) is 1. The average molecular weight is 191 g/mol. The molecule has 0 spiro atoms. The number of aliphatic carboxylic acids is 1. The molecule has 0 radical (unpaired) electrons. The third-order valence-corrected chi connectivity index (χ3v) is 2.08. The molecule has 2 aromatic rings. The van der Waals surface area contributed by atoms with Crippen molar-refractivity contribution in [3.8, 4) is 0 Å². The van der Waals surface area contributed by atoms with E-state index in [9.17, 15) is 4.79 Å². The lowest BCUT2D eigenvalue weighted by Crippen LogP contribution is -2.20. The van der Waals surface area contributed by atoms with E-state index in [1.165, 1.54) is 6.33 Å². The molecule has 1 unspecified atom stereocenters. The Bertz CT molecular complexity index is 478. The summed E-state index contributed by atoms with van der Waals surface area (Å²) in [7, 11) is 0. The lowest BCUT2D eigenvalue weighted by atomic mass is 10.1. The van der Waals surface area contributed by atoms with E-state index in [1.807, 2.05) is 6.07 Å². The van der Waals surface area contributed by atoms with Crippen molar-refractivity contribution in [2.24, 2.45) is 5.73 Å². The Morgan fingerprint density at radius 2 is 2.36 bits per heavy atom. The van der Waals surface area contributed by atoms with Crippen LogP contribution in [0.1, 0.15) is 11.6 Å². The summed E-state index contributed by atoms with van der Waals surface area (Å²) in [6, 6.07) is 4.21. The van der Waals surface area contributed by atoms with Crippen LogP contribution >= 0.6 is 0 Å². The van der Waals surface area contributed by atoms with Gasteiger partial charge in [-0.25, -0.2) is 4.98 Å². The van der Waals surface area contributed by atoms with E-state index in [1.54, 1.807) is 12.1 Å². The fourth-order valence-corrected chi connectivity index (χ4v) is 1.37. The maximum Gasteiger partial charge on any atom is 0.325 e. The number of hydrogen-bond acceptors (Lipinski definition) is 3. The van der Waals surface area contributed by atoms with E-state index in [2.05, 4.69) is 9.97 Å². The smallest absolute Gasteiger partial charge is 0.325 e. The van der Waals surface area contributed by atoms with Crippen LogP contribution in [-0.2, 0) is 4.79 Å². The fourth-order valence-electron chi connectivity index (χ4n) is 1.37. The molecule has 0 saturated carbocycles. The second-order valence-corrected chi connectivity index (χ2v) is 2.96. The summed E-state index contributed by atoms with van der Waals surface area (Å²) >= 11 is 0. The lowest BCUT2D eigenvalue weighted by molar-refractivity contribution is -0.138. The standard InChI is InChI=1S/C9H9N3O2/c10-7(9(13)14)5-2-1-3-6-8(5)12-4-11-6/h1-4,7H,10H2,(H,11,12)(H,13,14). The minimum absolute atomic E-state index is 0.524. The SMILES string of the molecule is NC(C(=O)O)c1cccc2[nH]cnc12. The van der Waals surface area contributed by atoms with Gasteiger partial charge in [-0.05, 0) is 6.07 Å². The molecular formula is C9H9N3O2. The second-order valence-electron chi connectivity index (χ2n) is 2.96. The van der Waals surface area contributed by atoms with Crippen molar-refractivity contribution in [3.63, 3.8) is 0 Å². The van der Waals surface area contributed by atoms with Crippen molar-refractivity contribution in [2.45, 2.75) is 6.04 Å². The fraction of sp³-hybridized carbons (Fsp3) is 0.111. The van der Waals surface area contributed by atoms with E-state index in [-0.39, 0.29) is 0 Å². The number of fused-ring (bicyclic) bond motifs is 1. The topological polar surface area (TPSA) is 92.0 Å². The highest BCUT2D eigenvalue weighted by atomic mass is 16.4. The van der Waals surface area contributed by atoms with Gasteiger partial charge >= 0.3 is 5.97 Å². The molecule has 0 aliphatic heterocycles. The largest absolute Gasteiger partial charge is 0.480 e. The van der Waals surface area contributed by atoms with Crippen LogP contribution in [0.2, 0.25) is 0 Å². The number of carboxylic acids is 1. The number of aromatic nitrogens is 2. The number of nitrogens with one attached hydrogen (secondary N) is 1. The summed E-state index contributed by atoms with van der Waals surface area (Å²) in [6.07, 6.45) is 1.52. The van der Waals surface area contributed by atoms with Gasteiger partial charge in [-0.2, -0.15) is 0 Å². The van der Waals surface area contributed by atoms with Gasteiger partial charge in [0.1, 0.15) is 6.04 Å². The second kappa shape index (κ2) is 3.12. The van der Waals surface area contributed by atoms with Gasteiger partial charge in [0, 0.05) is 5.56 Å². The minimum atomic E-state index is -1.06. The molecule has 1 atom stereocenters. The van der Waals surface area contributed by atoms with Gasteiger partial charge in [-0.1, -0.05) is 12.1 Å². The molecule has 1 heterocycles. The summed E-state index contributed by atoms with van der Waals surface area (Å²) in [5.41, 5.74) is 7.44. The van der Waals surface area contributed by atoms with E-state index in [0.29, 0.717) is 11.1 Å². The molecule has 5 nitrogen and oxygen atoms in total. The first-order valence-corrected chi connectivity index (χ1v) is 4.10. The van der Waals surface area contributed by atoms with Gasteiger partial charge in [0.05, 0.1) is 17.4 Å². The van der Waals surface area contributed by atoms with Crippen molar-refractivity contribution in [3.05, 3.63) is 30.1 Å². The van der Waals surface area contributed by atoms with Crippen LogP contribution in [0.25, 0.3) is 11.0 Å². The van der Waals surface area contributed by atoms with Crippen LogP contribution in [0.15, 0.2) is 24.5 Å². The Balaban J connectivity index is 2.61. The molecule has 1 aromatic carbocycles. The highest BCUT2D eigenvalue weighted by molar-refractivity contribution is 5.85. The molecule has 0 amide bonds. The van der Waals surface area contributed by atoms with Gasteiger partial charge < -0.3 is 15.8 Å². The monoisotopic (exact) mass is 191 g/mol. The van der Waals surface area contributed by atoms with Crippen molar-refractivity contribution in [1.29, 1.82) is 0 Å². The van der Waals surface area contributed by atoms with Gasteiger partial charge in [0.25, 0.3) is 0 Å². The molecule has 72 valence electrons. The van der Waals surface area contributed by atoms with Crippen LogP contribution in [-0.4, -0.2) is 21.0 Å². The number of carbonyl (C=O) groups is 1. The Morgan fingerprint density at radius 3 is 3.07 bits per heavy atom. The molecule has 4 N–H and O–H groups in total. The van der Waals surface area contributed by atoms with E-state index in [4.69, 9.17) is 10.8 Å². The van der Waals surface area contributed by atoms with Gasteiger partial charge in [0.15, 0.2) is 0 Å². The Kier molecular flexibility index (Phi) is 1.94. The Labute approximate surface area is 79.6 Å². The molecule has 0 saturated heterocycles. The normalized spacial score (nSPS) is 12.9. The van der Waals surface area contributed by atoms with Crippen LogP contribution in [0, 0.1) is 0 Å². The number of aromatic amines is 1. The van der Waals surface area contributed by atoms with Crippen molar-refractivity contribution in [2.75, 3.05) is 0 Å². The van der Waals surface area contributed by atoms with Crippen LogP contribution in [0.4, 0.5) is 0 Å². The van der Waals surface area contributed by atoms with Gasteiger partial charge in [-0.3, -0.25) is 4.79 Å². The predicted molar refractivity (Wildman–Crippen MR) is 50.7 cm³/mol. The maximum atomic E-state index is 10.7. The maximum absolute atomic E-state index is 10.7. The number of rotatable bonds is 2. The molecule has 0 fully saturated rings. The van der Waals surface area contributed by atoms with Crippen LogP contribution in [0.5, 0.6) is 0 Å². The zero-order valence-corrected chi connectivity index (χ0v) is 7.27. The predicted octanol–water partition coefficient (Wildman–Crippen LogP) is 0.647. The van der Waals surface area contributed by atoms with E-state index in [0.717, 1.165) is 5.52 Å². The number of nitrogens with zero attached hydrogens (tertiary/aromatic N) is 1. The van der Waals surface area contributed by atoms with Crippen molar-refractivity contribution in [1.82, 2.24) is 9.97 Å². The highest BCUT2D eigenvalue weighted by Crippen LogP contribution is 2.19. The Hall–Kier alpha value is -1.88. The lowest BCUT2D eigenvalue weighted by Gasteiger charge is -2.06. The van der Waals surface area contributed by atoms with E-state index < -0.39 is 12.0 Å². The summed E-state index contributed by atoms with van der Waals surface area (Å²) in [5, 5.41) is 8.77. The number of para-hydroxylation sites is 1. The van der Waals surface area contributed by atoms with Crippen LogP contribution in [0.3, 0.4) is 0 Å². The molecular weight excluding hydrogens is 182 g/mol. The molecule has 1 aromatic heterocycles. The third-order valence-electron chi connectivity index (χ3n) is 2.08. The molecule has 0 aliphatic rings. The number of imidazole rings is 1. The number of benzene rings is 1. The zero-order valence-electron chi connectivity index (χ0n) is 7.27. The summed E-state index contributed by atoms with van der Waals surface area (Å²) in [4.78, 5) is 17.6. The molecule has 5 heteroatoms. The summed E-state index contributed by atoms with van der Waals surface area (Å²) < 4.78 is 0. The van der Waals surface area contributed by atoms with Crippen molar-refractivity contribution < 1.29 is 9.90 Å². The number of H-pyrrole nitrogens is 1. The first kappa shape index (κ1) is 8.71. The molecule has 2 rings (SSSR count). The minimum Gasteiger partial charge on any atom is -0.480 e. The van der Waals surface area contributed by atoms with Crippen LogP contribution < -0.4 is 5.73 Å². The van der Waals surface area contributed by atoms with Gasteiger partial charge in [0.2, 0.25) is 0 Å².